The highest BCUT2D eigenvalue weighted by molar-refractivity contribution is 7.89. The number of nitrogens with one attached hydrogen (secondary N) is 2. The van der Waals surface area contributed by atoms with Crippen LogP contribution in [0.3, 0.4) is 0 Å². The predicted octanol–water partition coefficient (Wildman–Crippen LogP) is 3.00. The average Bonchev–Trinajstić information content (AvgIpc) is 3.22. The molecule has 2 heterocycles. The van der Waals surface area contributed by atoms with Crippen molar-refractivity contribution in [1.29, 1.82) is 0 Å². The minimum atomic E-state index is -3.71. The molecule has 1 amide bonds. The van der Waals surface area contributed by atoms with Crippen LogP contribution < -0.4 is 10.0 Å². The first-order valence-corrected chi connectivity index (χ1v) is 9.40. The van der Waals surface area contributed by atoms with Gasteiger partial charge in [-0.2, -0.15) is 0 Å². The first-order valence-electron chi connectivity index (χ1n) is 7.91. The Morgan fingerprint density at radius 1 is 1.19 bits per heavy atom. The van der Waals surface area contributed by atoms with Gasteiger partial charge in [-0.1, -0.05) is 0 Å². The Balaban J connectivity index is 1.68. The van der Waals surface area contributed by atoms with Crippen molar-refractivity contribution in [3.05, 3.63) is 66.6 Å². The Kier molecular flexibility index (Phi) is 5.53. The van der Waals surface area contributed by atoms with Crippen LogP contribution in [-0.4, -0.2) is 26.6 Å². The predicted molar refractivity (Wildman–Crippen MR) is 98.4 cm³/mol. The third kappa shape index (κ3) is 4.72. The van der Waals surface area contributed by atoms with Gasteiger partial charge in [0.1, 0.15) is 5.69 Å². The van der Waals surface area contributed by atoms with Crippen LogP contribution >= 0.6 is 0 Å². The minimum Gasteiger partial charge on any atom is -0.463 e. The van der Waals surface area contributed by atoms with E-state index in [-0.39, 0.29) is 11.4 Å². The van der Waals surface area contributed by atoms with Gasteiger partial charge < -0.3 is 9.15 Å². The maximum atomic E-state index is 12.5. The molecule has 1 aromatic carbocycles. The molecule has 9 heteroatoms. The van der Waals surface area contributed by atoms with Crippen molar-refractivity contribution in [2.24, 2.45) is 0 Å². The van der Waals surface area contributed by atoms with E-state index in [0.29, 0.717) is 17.1 Å². The number of rotatable bonds is 6. The topological polar surface area (TPSA) is 111 Å². The molecule has 2 aromatic heterocycles. The zero-order valence-electron chi connectivity index (χ0n) is 14.4. The largest absolute Gasteiger partial charge is 0.463 e. The molecule has 0 spiro atoms. The lowest BCUT2D eigenvalue weighted by atomic mass is 10.2. The third-order valence-corrected chi connectivity index (χ3v) is 5.08. The van der Waals surface area contributed by atoms with E-state index in [1.807, 2.05) is 0 Å². The number of nitrogens with zero attached hydrogens (tertiary/aromatic N) is 1. The van der Waals surface area contributed by atoms with E-state index in [9.17, 15) is 13.2 Å². The summed E-state index contributed by atoms with van der Waals surface area (Å²) in [7, 11) is -2.47. The Morgan fingerprint density at radius 3 is 2.63 bits per heavy atom. The van der Waals surface area contributed by atoms with E-state index >= 15 is 0 Å². The van der Waals surface area contributed by atoms with Crippen molar-refractivity contribution in [1.82, 2.24) is 9.71 Å². The summed E-state index contributed by atoms with van der Waals surface area (Å²) in [4.78, 5) is 15.5. The molecule has 140 valence electrons. The number of sulfonamides is 1. The van der Waals surface area contributed by atoms with Crippen molar-refractivity contribution >= 4 is 21.8 Å². The van der Waals surface area contributed by atoms with E-state index in [1.165, 1.54) is 31.4 Å². The second-order valence-corrected chi connectivity index (χ2v) is 7.26. The molecule has 0 saturated heterocycles. The van der Waals surface area contributed by atoms with Gasteiger partial charge in [-0.05, 0) is 54.1 Å². The highest BCUT2D eigenvalue weighted by Crippen LogP contribution is 2.19. The van der Waals surface area contributed by atoms with Crippen LogP contribution in [0.2, 0.25) is 0 Å². The number of carbonyl (C=O) groups excluding carboxylic acids is 1. The van der Waals surface area contributed by atoms with Crippen molar-refractivity contribution in [3.8, 4) is 11.5 Å². The molecule has 0 atom stereocenters. The number of hydrogen-bond donors (Lipinski definition) is 2. The van der Waals surface area contributed by atoms with Gasteiger partial charge in [-0.25, -0.2) is 17.9 Å². The zero-order valence-corrected chi connectivity index (χ0v) is 15.2. The molecule has 0 aliphatic heterocycles. The van der Waals surface area contributed by atoms with E-state index in [2.05, 4.69) is 19.8 Å². The van der Waals surface area contributed by atoms with E-state index in [1.54, 1.807) is 36.7 Å². The molecular formula is C18H17N3O5S. The number of methoxy groups -OCH3 is 1. The molecule has 3 rings (SSSR count). The van der Waals surface area contributed by atoms with Crippen molar-refractivity contribution in [2.75, 3.05) is 12.4 Å². The Morgan fingerprint density at radius 2 is 1.96 bits per heavy atom. The highest BCUT2D eigenvalue weighted by Gasteiger charge is 2.14. The maximum Gasteiger partial charge on any atom is 0.411 e. The van der Waals surface area contributed by atoms with E-state index < -0.39 is 16.1 Å². The maximum absolute atomic E-state index is 12.5. The van der Waals surface area contributed by atoms with Gasteiger partial charge in [0.15, 0.2) is 5.76 Å². The summed E-state index contributed by atoms with van der Waals surface area (Å²) in [6.45, 7) is 0.0979. The second kappa shape index (κ2) is 8.02. The number of furan rings is 1. The molecule has 0 saturated carbocycles. The van der Waals surface area contributed by atoms with Crippen LogP contribution in [0.5, 0.6) is 0 Å². The SMILES string of the molecule is COC(=O)Nc1ccc(S(=O)(=O)NCc2ccnc(-c3ccco3)c2)cc1. The lowest BCUT2D eigenvalue weighted by Gasteiger charge is -2.09. The summed E-state index contributed by atoms with van der Waals surface area (Å²) in [5.41, 5.74) is 1.79. The molecule has 2 N–H and O–H groups in total. The van der Waals surface area contributed by atoms with Gasteiger partial charge >= 0.3 is 6.09 Å². The second-order valence-electron chi connectivity index (χ2n) is 5.49. The van der Waals surface area contributed by atoms with Gasteiger partial charge in [0.25, 0.3) is 0 Å². The Bertz CT molecular complexity index is 1020. The first-order chi connectivity index (χ1) is 13.0. The number of ether oxygens (including phenoxy) is 1. The molecule has 8 nitrogen and oxygen atoms in total. The highest BCUT2D eigenvalue weighted by atomic mass is 32.2. The van der Waals surface area contributed by atoms with Crippen LogP contribution in [0.25, 0.3) is 11.5 Å². The fourth-order valence-corrected chi connectivity index (χ4v) is 3.31. The van der Waals surface area contributed by atoms with Crippen LogP contribution in [-0.2, 0) is 21.3 Å². The van der Waals surface area contributed by atoms with Gasteiger partial charge in [0.05, 0.1) is 18.3 Å². The molecule has 0 unspecified atom stereocenters. The molecule has 3 aromatic rings. The number of aromatic nitrogens is 1. The van der Waals surface area contributed by atoms with E-state index in [4.69, 9.17) is 4.42 Å². The van der Waals surface area contributed by atoms with E-state index in [0.717, 1.165) is 5.56 Å². The van der Waals surface area contributed by atoms with Gasteiger partial charge in [-0.15, -0.1) is 0 Å². The summed E-state index contributed by atoms with van der Waals surface area (Å²) in [6.07, 6.45) is 2.51. The Hall–Kier alpha value is -3.17. The smallest absolute Gasteiger partial charge is 0.411 e. The summed E-state index contributed by atoms with van der Waals surface area (Å²) < 4.78 is 37.2. The zero-order chi connectivity index (χ0) is 19.3. The van der Waals surface area contributed by atoms with Crippen molar-refractivity contribution in [3.63, 3.8) is 0 Å². The van der Waals surface area contributed by atoms with Crippen molar-refractivity contribution < 1.29 is 22.4 Å². The fraction of sp³-hybridized carbons (Fsp3) is 0.111. The number of hydrogen-bond acceptors (Lipinski definition) is 6. The van der Waals surface area contributed by atoms with Crippen LogP contribution in [0.15, 0.2) is 70.3 Å². The number of benzene rings is 1. The number of carbonyl (C=O) groups is 1. The Labute approximate surface area is 156 Å². The normalized spacial score (nSPS) is 11.1. The fourth-order valence-electron chi connectivity index (χ4n) is 2.29. The van der Waals surface area contributed by atoms with Crippen LogP contribution in [0, 0.1) is 0 Å². The molecule has 0 aliphatic carbocycles. The standard InChI is InChI=1S/C18H17N3O5S/c1-25-18(22)21-14-4-6-15(7-5-14)27(23,24)20-12-13-8-9-19-16(11-13)17-3-2-10-26-17/h2-11,20H,12H2,1H3,(H,21,22). The molecule has 27 heavy (non-hydrogen) atoms. The molecule has 0 fully saturated rings. The number of anilines is 1. The number of pyridine rings is 1. The average molecular weight is 387 g/mol. The lowest BCUT2D eigenvalue weighted by Crippen LogP contribution is -2.23. The summed E-state index contributed by atoms with van der Waals surface area (Å²) in [5.74, 6) is 0.605. The quantitative estimate of drug-likeness (QED) is 0.673. The minimum absolute atomic E-state index is 0.0817. The number of amides is 1. The first kappa shape index (κ1) is 18.6. The van der Waals surface area contributed by atoms with Gasteiger partial charge in [0, 0.05) is 18.4 Å². The summed E-state index contributed by atoms with van der Waals surface area (Å²) >= 11 is 0. The van der Waals surface area contributed by atoms with Crippen molar-refractivity contribution in [2.45, 2.75) is 11.4 Å². The molecule has 0 radical (unpaired) electrons. The summed E-state index contributed by atoms with van der Waals surface area (Å²) in [5, 5.41) is 2.46. The van der Waals surface area contributed by atoms with Gasteiger partial charge in [0.2, 0.25) is 10.0 Å². The molecular weight excluding hydrogens is 370 g/mol. The van der Waals surface area contributed by atoms with Crippen LogP contribution in [0.1, 0.15) is 5.56 Å². The monoisotopic (exact) mass is 387 g/mol. The summed E-state index contributed by atoms with van der Waals surface area (Å²) in [6, 6.07) is 12.8. The lowest BCUT2D eigenvalue weighted by molar-refractivity contribution is 0.187. The van der Waals surface area contributed by atoms with Crippen LogP contribution in [0.4, 0.5) is 10.5 Å². The molecule has 0 aliphatic rings. The molecule has 0 bridgehead atoms. The van der Waals surface area contributed by atoms with Gasteiger partial charge in [-0.3, -0.25) is 10.3 Å². The third-order valence-electron chi connectivity index (χ3n) is 3.66.